The monoisotopic (exact) mass is 420 g/mol. The van der Waals surface area contributed by atoms with E-state index in [1.807, 2.05) is 39.0 Å². The molecular formula is C22H29FN2O3S. The van der Waals surface area contributed by atoms with Crippen molar-refractivity contribution in [3.05, 3.63) is 65.0 Å². The summed E-state index contributed by atoms with van der Waals surface area (Å²) in [5, 5.41) is 3.00. The number of halogens is 1. The topological polar surface area (TPSA) is 66.5 Å². The minimum Gasteiger partial charge on any atom is -0.347 e. The second kappa shape index (κ2) is 9.39. The number of benzene rings is 2. The Morgan fingerprint density at radius 1 is 1.03 bits per heavy atom. The third-order valence-electron chi connectivity index (χ3n) is 5.07. The second-order valence-corrected chi connectivity index (χ2v) is 9.13. The van der Waals surface area contributed by atoms with Crippen LogP contribution in [0.2, 0.25) is 0 Å². The Kier molecular flexibility index (Phi) is 7.41. The number of rotatable bonds is 8. The first-order valence-corrected chi connectivity index (χ1v) is 11.6. The van der Waals surface area contributed by atoms with Crippen LogP contribution in [0, 0.1) is 19.7 Å². The maximum absolute atomic E-state index is 13.3. The number of carbonyl (C=O) groups is 1. The van der Waals surface area contributed by atoms with Crippen molar-refractivity contribution in [3.63, 3.8) is 0 Å². The van der Waals surface area contributed by atoms with E-state index in [0.717, 1.165) is 21.7 Å². The first-order chi connectivity index (χ1) is 13.6. The maximum atomic E-state index is 13.3. The van der Waals surface area contributed by atoms with E-state index in [0.29, 0.717) is 6.42 Å². The number of hydrogen-bond acceptors (Lipinski definition) is 3. The van der Waals surface area contributed by atoms with Gasteiger partial charge in [-0.2, -0.15) is 0 Å². The highest BCUT2D eigenvalue weighted by molar-refractivity contribution is 7.92. The Labute approximate surface area is 173 Å². The van der Waals surface area contributed by atoms with E-state index in [2.05, 4.69) is 5.32 Å². The molecule has 0 aliphatic rings. The zero-order valence-corrected chi connectivity index (χ0v) is 18.4. The lowest BCUT2D eigenvalue weighted by atomic mass is 9.99. The predicted molar refractivity (Wildman–Crippen MR) is 115 cm³/mol. The zero-order valence-electron chi connectivity index (χ0n) is 17.6. The molecule has 29 heavy (non-hydrogen) atoms. The second-order valence-electron chi connectivity index (χ2n) is 7.27. The minimum atomic E-state index is -3.76. The quantitative estimate of drug-likeness (QED) is 0.694. The van der Waals surface area contributed by atoms with Crippen molar-refractivity contribution in [1.29, 1.82) is 0 Å². The maximum Gasteiger partial charge on any atom is 0.244 e. The third kappa shape index (κ3) is 5.56. The summed E-state index contributed by atoms with van der Waals surface area (Å²) in [6.07, 6.45) is 1.99. The van der Waals surface area contributed by atoms with Crippen LogP contribution >= 0.6 is 0 Å². The summed E-state index contributed by atoms with van der Waals surface area (Å²) in [5.74, 6) is -0.854. The Bertz CT molecular complexity index is 959. The summed E-state index contributed by atoms with van der Waals surface area (Å²) in [4.78, 5) is 13.1. The van der Waals surface area contributed by atoms with Crippen LogP contribution in [0.3, 0.4) is 0 Å². The Hall–Kier alpha value is -2.41. The van der Waals surface area contributed by atoms with E-state index in [9.17, 15) is 17.6 Å². The van der Waals surface area contributed by atoms with Gasteiger partial charge in [-0.05, 0) is 67.6 Å². The molecule has 0 aliphatic carbocycles. The van der Waals surface area contributed by atoms with Gasteiger partial charge in [-0.3, -0.25) is 9.10 Å². The van der Waals surface area contributed by atoms with Gasteiger partial charge in [0.2, 0.25) is 15.9 Å². The summed E-state index contributed by atoms with van der Waals surface area (Å²) < 4.78 is 39.3. The van der Waals surface area contributed by atoms with Crippen molar-refractivity contribution in [1.82, 2.24) is 5.32 Å². The van der Waals surface area contributed by atoms with Crippen molar-refractivity contribution in [3.8, 4) is 0 Å². The molecule has 5 nitrogen and oxygen atoms in total. The average Bonchev–Trinajstić information content (AvgIpc) is 2.66. The number of carbonyl (C=O) groups excluding carboxylic acids is 1. The van der Waals surface area contributed by atoms with Crippen LogP contribution in [0.25, 0.3) is 0 Å². The summed E-state index contributed by atoms with van der Waals surface area (Å²) in [7, 11) is -3.76. The number of nitrogens with zero attached hydrogens (tertiary/aromatic N) is 1. The molecule has 0 bridgehead atoms. The lowest BCUT2D eigenvalue weighted by molar-refractivity contribution is -0.123. The molecule has 158 valence electrons. The van der Waals surface area contributed by atoms with Crippen LogP contribution < -0.4 is 9.62 Å². The number of aryl methyl sites for hydroxylation is 2. The molecule has 0 radical (unpaired) electrons. The average molecular weight is 421 g/mol. The molecule has 0 saturated carbocycles. The van der Waals surface area contributed by atoms with Gasteiger partial charge in [0.1, 0.15) is 11.9 Å². The van der Waals surface area contributed by atoms with E-state index >= 15 is 0 Å². The summed E-state index contributed by atoms with van der Waals surface area (Å²) >= 11 is 0. The summed E-state index contributed by atoms with van der Waals surface area (Å²) in [6.45, 7) is 7.76. The van der Waals surface area contributed by atoms with Gasteiger partial charge in [0.05, 0.1) is 18.0 Å². The fourth-order valence-electron chi connectivity index (χ4n) is 3.32. The summed E-state index contributed by atoms with van der Waals surface area (Å²) in [5.41, 5.74) is 3.54. The molecule has 2 aromatic carbocycles. The fraction of sp³-hybridized carbons (Fsp3) is 0.409. The number of amides is 1. The van der Waals surface area contributed by atoms with Gasteiger partial charge in [0.25, 0.3) is 0 Å². The minimum absolute atomic E-state index is 0.231. The smallest absolute Gasteiger partial charge is 0.244 e. The molecule has 0 heterocycles. The van der Waals surface area contributed by atoms with Crippen molar-refractivity contribution in [2.45, 2.75) is 52.6 Å². The van der Waals surface area contributed by atoms with E-state index in [4.69, 9.17) is 0 Å². The lowest BCUT2D eigenvalue weighted by Crippen LogP contribution is -2.50. The standard InChI is InChI=1S/C22H29FN2O3S/c1-6-20(17-9-8-15(3)16(4)14-17)24-22(26)21(7-2)25(29(5,27)28)19-12-10-18(23)11-13-19/h8-14,20-21H,6-7H2,1-5H3,(H,24,26). The van der Waals surface area contributed by atoms with Crippen molar-refractivity contribution in [2.24, 2.45) is 0 Å². The molecule has 2 unspecified atom stereocenters. The first kappa shape index (κ1) is 22.9. The number of nitrogens with one attached hydrogen (secondary N) is 1. The molecule has 0 aromatic heterocycles. The fourth-order valence-corrected chi connectivity index (χ4v) is 4.53. The molecule has 2 aromatic rings. The predicted octanol–water partition coefficient (Wildman–Crippen LogP) is 4.25. The molecule has 2 rings (SSSR count). The molecule has 1 amide bonds. The van der Waals surface area contributed by atoms with Crippen LogP contribution in [-0.2, 0) is 14.8 Å². The molecule has 7 heteroatoms. The SMILES string of the molecule is CCC(NC(=O)C(CC)N(c1ccc(F)cc1)S(C)(=O)=O)c1ccc(C)c(C)c1. The van der Waals surface area contributed by atoms with Gasteiger partial charge in [-0.15, -0.1) is 0 Å². The molecule has 1 N–H and O–H groups in total. The molecule has 0 fully saturated rings. The lowest BCUT2D eigenvalue weighted by Gasteiger charge is -2.31. The Morgan fingerprint density at radius 3 is 2.14 bits per heavy atom. The number of hydrogen-bond donors (Lipinski definition) is 1. The van der Waals surface area contributed by atoms with Crippen LogP contribution in [0.5, 0.6) is 0 Å². The van der Waals surface area contributed by atoms with E-state index < -0.39 is 21.9 Å². The van der Waals surface area contributed by atoms with Gasteiger partial charge >= 0.3 is 0 Å². The zero-order chi connectivity index (χ0) is 21.8. The Balaban J connectivity index is 2.34. The van der Waals surface area contributed by atoms with E-state index in [1.54, 1.807) is 6.92 Å². The van der Waals surface area contributed by atoms with Crippen molar-refractivity contribution in [2.75, 3.05) is 10.6 Å². The van der Waals surface area contributed by atoms with Gasteiger partial charge in [-0.1, -0.05) is 32.0 Å². The molecular weight excluding hydrogens is 391 g/mol. The van der Waals surface area contributed by atoms with Gasteiger partial charge < -0.3 is 5.32 Å². The van der Waals surface area contributed by atoms with Crippen LogP contribution in [-0.4, -0.2) is 26.6 Å². The number of anilines is 1. The van der Waals surface area contributed by atoms with Crippen molar-refractivity contribution < 1.29 is 17.6 Å². The first-order valence-electron chi connectivity index (χ1n) is 9.71. The van der Waals surface area contributed by atoms with Gasteiger partial charge in [-0.25, -0.2) is 12.8 Å². The molecule has 2 atom stereocenters. The Morgan fingerprint density at radius 2 is 1.66 bits per heavy atom. The molecule has 0 aliphatic heterocycles. The highest BCUT2D eigenvalue weighted by Crippen LogP contribution is 2.25. The van der Waals surface area contributed by atoms with Gasteiger partial charge in [0.15, 0.2) is 0 Å². The number of sulfonamides is 1. The normalized spacial score (nSPS) is 13.6. The highest BCUT2D eigenvalue weighted by Gasteiger charge is 2.32. The third-order valence-corrected chi connectivity index (χ3v) is 6.25. The van der Waals surface area contributed by atoms with Crippen LogP contribution in [0.15, 0.2) is 42.5 Å². The summed E-state index contributed by atoms with van der Waals surface area (Å²) in [6, 6.07) is 9.97. The van der Waals surface area contributed by atoms with Gasteiger partial charge in [0, 0.05) is 0 Å². The molecule has 0 spiro atoms. The molecule has 0 saturated heterocycles. The van der Waals surface area contributed by atoms with E-state index in [1.165, 1.54) is 29.8 Å². The van der Waals surface area contributed by atoms with E-state index in [-0.39, 0.29) is 24.1 Å². The van der Waals surface area contributed by atoms with Crippen molar-refractivity contribution >= 4 is 21.6 Å². The van der Waals surface area contributed by atoms with Crippen LogP contribution in [0.4, 0.5) is 10.1 Å². The largest absolute Gasteiger partial charge is 0.347 e. The highest BCUT2D eigenvalue weighted by atomic mass is 32.2. The van der Waals surface area contributed by atoms with Crippen LogP contribution in [0.1, 0.15) is 49.4 Å².